The lowest BCUT2D eigenvalue weighted by molar-refractivity contribution is 0.0908. The number of aliphatic hydroxyl groups excluding tert-OH is 1. The topological polar surface area (TPSA) is 67.6 Å². The van der Waals surface area contributed by atoms with Crippen molar-refractivity contribution < 1.29 is 14.6 Å². The van der Waals surface area contributed by atoms with Crippen molar-refractivity contribution in [2.75, 3.05) is 6.54 Å². The van der Waals surface area contributed by atoms with Crippen molar-refractivity contribution in [1.82, 2.24) is 14.7 Å². The van der Waals surface area contributed by atoms with Gasteiger partial charge in [0.05, 0.1) is 24.5 Å². The van der Waals surface area contributed by atoms with Crippen LogP contribution >= 0.6 is 0 Å². The molecule has 6 heteroatoms. The summed E-state index contributed by atoms with van der Waals surface area (Å²) in [5.74, 6) is 0. The number of aryl methyl sites for hydroxylation is 1. The molecule has 0 fully saturated rings. The number of benzene rings is 1. The minimum absolute atomic E-state index is 0.0678. The highest BCUT2D eigenvalue weighted by Crippen LogP contribution is 2.22. The molecule has 3 rings (SSSR count). The average molecular weight is 301 g/mol. The SMILES string of the molecule is Cn1nc(CO)c2c1CN(C(=O)OCc1ccccc1)CC2. The minimum atomic E-state index is -0.318. The molecule has 1 N–H and O–H groups in total. The van der Waals surface area contributed by atoms with Crippen LogP contribution in [0.4, 0.5) is 4.79 Å². The lowest BCUT2D eigenvalue weighted by Gasteiger charge is -2.26. The third kappa shape index (κ3) is 2.82. The molecule has 1 aromatic carbocycles. The van der Waals surface area contributed by atoms with Gasteiger partial charge in [-0.05, 0) is 12.0 Å². The van der Waals surface area contributed by atoms with Crippen molar-refractivity contribution in [3.63, 3.8) is 0 Å². The van der Waals surface area contributed by atoms with E-state index in [2.05, 4.69) is 5.10 Å². The van der Waals surface area contributed by atoms with Gasteiger partial charge in [-0.15, -0.1) is 0 Å². The zero-order chi connectivity index (χ0) is 15.5. The van der Waals surface area contributed by atoms with Crippen molar-refractivity contribution in [3.8, 4) is 0 Å². The molecular weight excluding hydrogens is 282 g/mol. The Labute approximate surface area is 128 Å². The maximum atomic E-state index is 12.2. The highest BCUT2D eigenvalue weighted by molar-refractivity contribution is 5.68. The van der Waals surface area contributed by atoms with Gasteiger partial charge < -0.3 is 14.7 Å². The number of carbonyl (C=O) groups is 1. The first-order chi connectivity index (χ1) is 10.7. The van der Waals surface area contributed by atoms with Gasteiger partial charge in [0.1, 0.15) is 6.61 Å². The normalized spacial score (nSPS) is 13.8. The number of nitrogens with zero attached hydrogens (tertiary/aromatic N) is 3. The third-order valence-corrected chi connectivity index (χ3v) is 3.94. The standard InChI is InChI=1S/C16H19N3O3/c1-18-15-9-19(8-7-13(15)14(10-20)17-18)16(21)22-11-12-5-3-2-4-6-12/h2-6,20H,7-11H2,1H3. The Bertz CT molecular complexity index is 667. The molecule has 1 amide bonds. The molecule has 0 unspecified atom stereocenters. The predicted molar refractivity (Wildman–Crippen MR) is 79.9 cm³/mol. The molecule has 0 atom stereocenters. The lowest BCUT2D eigenvalue weighted by atomic mass is 10.1. The molecule has 0 aliphatic carbocycles. The Balaban J connectivity index is 1.64. The lowest BCUT2D eigenvalue weighted by Crippen LogP contribution is -2.37. The van der Waals surface area contributed by atoms with E-state index >= 15 is 0 Å². The molecular formula is C16H19N3O3. The molecule has 2 heterocycles. The molecule has 0 saturated heterocycles. The van der Waals surface area contributed by atoms with Crippen LogP contribution in [0.5, 0.6) is 0 Å². The summed E-state index contributed by atoms with van der Waals surface area (Å²) in [6.07, 6.45) is 0.376. The number of rotatable bonds is 3. The van der Waals surface area contributed by atoms with Gasteiger partial charge in [-0.25, -0.2) is 4.79 Å². The van der Waals surface area contributed by atoms with E-state index in [9.17, 15) is 9.90 Å². The highest BCUT2D eigenvalue weighted by atomic mass is 16.6. The van der Waals surface area contributed by atoms with Crippen molar-refractivity contribution in [2.24, 2.45) is 7.05 Å². The third-order valence-electron chi connectivity index (χ3n) is 3.94. The van der Waals surface area contributed by atoms with Crippen LogP contribution in [0, 0.1) is 0 Å². The summed E-state index contributed by atoms with van der Waals surface area (Å²) in [5, 5.41) is 13.6. The summed E-state index contributed by atoms with van der Waals surface area (Å²) in [5.41, 5.74) is 3.69. The van der Waals surface area contributed by atoms with Gasteiger partial charge in [-0.3, -0.25) is 4.68 Å². The molecule has 22 heavy (non-hydrogen) atoms. The van der Waals surface area contributed by atoms with Gasteiger partial charge in [0.25, 0.3) is 0 Å². The van der Waals surface area contributed by atoms with E-state index in [4.69, 9.17) is 4.74 Å². The second-order valence-corrected chi connectivity index (χ2v) is 5.37. The average Bonchev–Trinajstić information content (AvgIpc) is 2.89. The van der Waals surface area contributed by atoms with Crippen molar-refractivity contribution in [1.29, 1.82) is 0 Å². The zero-order valence-electron chi connectivity index (χ0n) is 12.5. The van der Waals surface area contributed by atoms with Crippen LogP contribution < -0.4 is 0 Å². The fourth-order valence-corrected chi connectivity index (χ4v) is 2.75. The number of fused-ring (bicyclic) bond motifs is 1. The molecule has 0 radical (unpaired) electrons. The van der Waals surface area contributed by atoms with E-state index in [-0.39, 0.29) is 19.3 Å². The smallest absolute Gasteiger partial charge is 0.410 e. The van der Waals surface area contributed by atoms with Crippen molar-refractivity contribution in [2.45, 2.75) is 26.2 Å². The second kappa shape index (κ2) is 6.19. The zero-order valence-corrected chi connectivity index (χ0v) is 12.5. The number of aromatic nitrogens is 2. The number of hydrogen-bond acceptors (Lipinski definition) is 4. The largest absolute Gasteiger partial charge is 0.445 e. The van der Waals surface area contributed by atoms with E-state index in [1.807, 2.05) is 37.4 Å². The number of ether oxygens (including phenoxy) is 1. The summed E-state index contributed by atoms with van der Waals surface area (Å²) in [7, 11) is 1.83. The van der Waals surface area contributed by atoms with E-state index in [0.29, 0.717) is 25.2 Å². The first-order valence-electron chi connectivity index (χ1n) is 7.29. The molecule has 1 aliphatic heterocycles. The summed E-state index contributed by atoms with van der Waals surface area (Å²) < 4.78 is 7.10. The number of amides is 1. The minimum Gasteiger partial charge on any atom is -0.445 e. The fourth-order valence-electron chi connectivity index (χ4n) is 2.75. The molecule has 116 valence electrons. The molecule has 1 aliphatic rings. The van der Waals surface area contributed by atoms with Gasteiger partial charge in [-0.2, -0.15) is 5.10 Å². The summed E-state index contributed by atoms with van der Waals surface area (Å²) in [6.45, 7) is 1.25. The van der Waals surface area contributed by atoms with Gasteiger partial charge in [0.15, 0.2) is 0 Å². The Morgan fingerprint density at radius 3 is 2.86 bits per heavy atom. The van der Waals surface area contributed by atoms with E-state index in [1.165, 1.54) is 0 Å². The quantitative estimate of drug-likeness (QED) is 0.935. The van der Waals surface area contributed by atoms with Crippen LogP contribution in [0.2, 0.25) is 0 Å². The molecule has 2 aromatic rings. The monoisotopic (exact) mass is 301 g/mol. The Kier molecular flexibility index (Phi) is 4.11. The van der Waals surface area contributed by atoms with Gasteiger partial charge >= 0.3 is 6.09 Å². The van der Waals surface area contributed by atoms with Crippen molar-refractivity contribution >= 4 is 6.09 Å². The summed E-state index contributed by atoms with van der Waals surface area (Å²) in [4.78, 5) is 13.9. The Hall–Kier alpha value is -2.34. The van der Waals surface area contributed by atoms with E-state index in [1.54, 1.807) is 9.58 Å². The van der Waals surface area contributed by atoms with Crippen LogP contribution in [0.1, 0.15) is 22.5 Å². The molecule has 0 bridgehead atoms. The molecule has 0 saturated carbocycles. The molecule has 6 nitrogen and oxygen atoms in total. The second-order valence-electron chi connectivity index (χ2n) is 5.37. The maximum Gasteiger partial charge on any atom is 0.410 e. The van der Waals surface area contributed by atoms with E-state index < -0.39 is 0 Å². The number of hydrogen-bond donors (Lipinski definition) is 1. The van der Waals surface area contributed by atoms with Crippen molar-refractivity contribution in [3.05, 3.63) is 52.8 Å². The van der Waals surface area contributed by atoms with Gasteiger partial charge in [0.2, 0.25) is 0 Å². The first-order valence-corrected chi connectivity index (χ1v) is 7.29. The van der Waals surface area contributed by atoms with Crippen LogP contribution in [0.15, 0.2) is 30.3 Å². The first kappa shape index (κ1) is 14.6. The van der Waals surface area contributed by atoms with Crippen LogP contribution in [0.25, 0.3) is 0 Å². The summed E-state index contributed by atoms with van der Waals surface area (Å²) in [6, 6.07) is 9.62. The highest BCUT2D eigenvalue weighted by Gasteiger charge is 2.27. The van der Waals surface area contributed by atoms with Crippen LogP contribution in [0.3, 0.4) is 0 Å². The van der Waals surface area contributed by atoms with Crippen LogP contribution in [-0.4, -0.2) is 32.4 Å². The fraction of sp³-hybridized carbons (Fsp3) is 0.375. The maximum absolute atomic E-state index is 12.2. The Morgan fingerprint density at radius 2 is 2.14 bits per heavy atom. The number of aliphatic hydroxyl groups is 1. The van der Waals surface area contributed by atoms with Crippen LogP contribution in [-0.2, 0) is 38.0 Å². The van der Waals surface area contributed by atoms with Gasteiger partial charge in [0, 0.05) is 19.2 Å². The number of carbonyl (C=O) groups excluding carboxylic acids is 1. The molecule has 1 aromatic heterocycles. The van der Waals surface area contributed by atoms with Gasteiger partial charge in [-0.1, -0.05) is 30.3 Å². The summed E-state index contributed by atoms with van der Waals surface area (Å²) >= 11 is 0. The predicted octanol–water partition coefficient (Wildman–Crippen LogP) is 1.61. The molecule has 0 spiro atoms. The Morgan fingerprint density at radius 1 is 1.36 bits per heavy atom. The van der Waals surface area contributed by atoms with E-state index in [0.717, 1.165) is 16.8 Å².